The highest BCUT2D eigenvalue weighted by molar-refractivity contribution is 6.17. The molecule has 0 radical (unpaired) electrons. The number of imide groups is 1. The van der Waals surface area contributed by atoms with E-state index in [4.69, 9.17) is 10.2 Å². The molecule has 0 spiro atoms. The maximum Gasteiger partial charge on any atom is 0.336 e. The molecule has 13 nitrogen and oxygen atoms in total. The van der Waals surface area contributed by atoms with Gasteiger partial charge in [-0.15, -0.1) is 0 Å². The number of carboxylic acid groups (broad SMARTS) is 1. The molecule has 1 heterocycles. The average Bonchev–Trinajstić information content (AvgIpc) is 2.82. The normalized spacial score (nSPS) is 13.6. The molecule has 13 heteroatoms. The summed E-state index contributed by atoms with van der Waals surface area (Å²) in [5.74, 6) is -3.39. The van der Waals surface area contributed by atoms with Crippen molar-refractivity contribution >= 4 is 34.8 Å². The topological polar surface area (TPSA) is 193 Å². The number of benzene rings is 1. The van der Waals surface area contributed by atoms with Gasteiger partial charge >= 0.3 is 17.3 Å². The second kappa shape index (κ2) is 6.94. The van der Waals surface area contributed by atoms with Gasteiger partial charge in [-0.2, -0.15) is 0 Å². The number of aromatic carboxylic acids is 1. The molecule has 0 saturated heterocycles. The number of nitrogens with zero attached hydrogens (tertiary/aromatic N) is 3. The molecule has 2 rings (SSSR count). The van der Waals surface area contributed by atoms with E-state index in [1.165, 1.54) is 0 Å². The van der Waals surface area contributed by atoms with Crippen LogP contribution in [0.25, 0.3) is 0 Å². The molecule has 1 aliphatic rings. The Balaban J connectivity index is 2.55. The van der Waals surface area contributed by atoms with Gasteiger partial charge in [0.25, 0.3) is 11.8 Å². The van der Waals surface area contributed by atoms with Crippen molar-refractivity contribution in [2.24, 2.45) is 0 Å². The maximum atomic E-state index is 12.1. The van der Waals surface area contributed by atoms with Crippen LogP contribution in [0.4, 0.5) is 17.1 Å². The quantitative estimate of drug-likeness (QED) is 0.332. The summed E-state index contributed by atoms with van der Waals surface area (Å²) in [7, 11) is 0. The third-order valence-electron chi connectivity index (χ3n) is 3.33. The fraction of sp³-hybridized carbons (Fsp3) is 0.154. The van der Waals surface area contributed by atoms with Crippen molar-refractivity contribution < 1.29 is 34.4 Å². The van der Waals surface area contributed by atoms with Gasteiger partial charge in [0.05, 0.1) is 28.6 Å². The molecule has 3 N–H and O–H groups in total. The lowest BCUT2D eigenvalue weighted by atomic mass is 10.1. The number of hydrogen-bond donors (Lipinski definition) is 3. The van der Waals surface area contributed by atoms with Gasteiger partial charge in [-0.1, -0.05) is 0 Å². The highest BCUT2D eigenvalue weighted by atomic mass is 16.6. The lowest BCUT2D eigenvalue weighted by Gasteiger charge is -2.13. The van der Waals surface area contributed by atoms with Crippen LogP contribution in [0.1, 0.15) is 10.4 Å². The summed E-state index contributed by atoms with van der Waals surface area (Å²) in [6, 6.07) is 1.18. The molecule has 0 aromatic heterocycles. The number of aliphatic hydroxyl groups is 1. The van der Waals surface area contributed by atoms with Crippen LogP contribution in [0.5, 0.6) is 0 Å². The van der Waals surface area contributed by atoms with Gasteiger partial charge in [-0.25, -0.2) is 4.79 Å². The summed E-state index contributed by atoms with van der Waals surface area (Å²) in [6.07, 6.45) is 0.760. The zero-order chi connectivity index (χ0) is 19.6. The van der Waals surface area contributed by atoms with Crippen molar-refractivity contribution in [3.8, 4) is 0 Å². The highest BCUT2D eigenvalue weighted by Gasteiger charge is 2.35. The van der Waals surface area contributed by atoms with Gasteiger partial charge in [0.2, 0.25) is 0 Å². The molecule has 2 amide bonds. The largest absolute Gasteiger partial charge is 0.478 e. The Morgan fingerprint density at radius 3 is 2.12 bits per heavy atom. The van der Waals surface area contributed by atoms with Gasteiger partial charge in [0.1, 0.15) is 5.70 Å². The second-order valence-electron chi connectivity index (χ2n) is 4.91. The first-order valence-electron chi connectivity index (χ1n) is 6.83. The number of carbonyl (C=O) groups is 3. The fourth-order valence-electron chi connectivity index (χ4n) is 2.20. The predicted molar refractivity (Wildman–Crippen MR) is 82.2 cm³/mol. The number of aliphatic hydroxyl groups excluding tert-OH is 1. The summed E-state index contributed by atoms with van der Waals surface area (Å²) in [5, 5.41) is 42.3. The Labute approximate surface area is 143 Å². The number of nitro benzene ring substituents is 2. The Hall–Kier alpha value is -3.87. The van der Waals surface area contributed by atoms with E-state index < -0.39 is 62.6 Å². The first-order chi connectivity index (χ1) is 12.2. The van der Waals surface area contributed by atoms with Crippen molar-refractivity contribution in [1.29, 1.82) is 0 Å². The van der Waals surface area contributed by atoms with Crippen LogP contribution >= 0.6 is 0 Å². The van der Waals surface area contributed by atoms with Gasteiger partial charge in [-0.3, -0.25) is 34.7 Å². The van der Waals surface area contributed by atoms with Crippen LogP contribution < -0.4 is 5.32 Å². The molecular formula is C13H10N4O9. The lowest BCUT2D eigenvalue weighted by Crippen LogP contribution is -2.34. The van der Waals surface area contributed by atoms with E-state index in [0.29, 0.717) is 17.0 Å². The molecule has 0 unspecified atom stereocenters. The molecule has 0 aliphatic carbocycles. The number of rotatable bonds is 7. The third-order valence-corrected chi connectivity index (χ3v) is 3.33. The molecule has 1 aromatic carbocycles. The molecule has 1 aromatic rings. The number of anilines is 1. The van der Waals surface area contributed by atoms with Gasteiger partial charge in [0.15, 0.2) is 5.69 Å². The number of carbonyl (C=O) groups excluding carboxylic acids is 2. The Kier molecular flexibility index (Phi) is 4.93. The standard InChI is InChI=1S/C13H10N4O9/c18-2-1-15-10(19)5-7(12(15)20)14-11-8(16(23)24)3-6(13(21)22)4-9(11)17(25)26/h3-5,14,18H,1-2H2,(H,21,22). The first-order valence-corrected chi connectivity index (χ1v) is 6.83. The van der Waals surface area contributed by atoms with Crippen LogP contribution in [0, 0.1) is 20.2 Å². The van der Waals surface area contributed by atoms with Gasteiger partial charge in [-0.05, 0) is 0 Å². The minimum absolute atomic E-state index is 0.332. The van der Waals surface area contributed by atoms with Crippen LogP contribution in [0.15, 0.2) is 23.9 Å². The number of amides is 2. The van der Waals surface area contributed by atoms with Crippen molar-refractivity contribution in [3.05, 3.63) is 49.7 Å². The van der Waals surface area contributed by atoms with Crippen molar-refractivity contribution in [2.45, 2.75) is 0 Å². The smallest absolute Gasteiger partial charge is 0.336 e. The molecule has 0 atom stereocenters. The number of nitro groups is 2. The molecule has 26 heavy (non-hydrogen) atoms. The zero-order valence-corrected chi connectivity index (χ0v) is 12.7. The molecular weight excluding hydrogens is 356 g/mol. The second-order valence-corrected chi connectivity index (χ2v) is 4.91. The Morgan fingerprint density at radius 2 is 1.69 bits per heavy atom. The van der Waals surface area contributed by atoms with Crippen molar-refractivity contribution in [3.63, 3.8) is 0 Å². The van der Waals surface area contributed by atoms with E-state index in [-0.39, 0.29) is 6.54 Å². The number of nitrogens with one attached hydrogen (secondary N) is 1. The van der Waals surface area contributed by atoms with E-state index in [9.17, 15) is 34.6 Å². The molecule has 136 valence electrons. The number of hydrogen-bond acceptors (Lipinski definition) is 9. The first kappa shape index (κ1) is 18.5. The predicted octanol–water partition coefficient (Wildman–Crippen LogP) is -0.142. The summed E-state index contributed by atoms with van der Waals surface area (Å²) < 4.78 is 0. The van der Waals surface area contributed by atoms with Gasteiger partial charge in [0, 0.05) is 18.2 Å². The van der Waals surface area contributed by atoms with Crippen LogP contribution in [-0.4, -0.2) is 55.9 Å². The molecule has 0 fully saturated rings. The van der Waals surface area contributed by atoms with Crippen molar-refractivity contribution in [1.82, 2.24) is 4.90 Å². The Bertz CT molecular complexity index is 841. The number of β-amino-alcohol motifs (C(OH)–C–C–N with tert-alkyl or cyclic N) is 1. The average molecular weight is 366 g/mol. The number of carboxylic acids is 1. The van der Waals surface area contributed by atoms with E-state index in [1.54, 1.807) is 0 Å². The molecule has 0 bridgehead atoms. The SMILES string of the molecule is O=C(O)c1cc([N+](=O)[O-])c(NC2=CC(=O)N(CCO)C2=O)c([N+](=O)[O-])c1. The maximum absolute atomic E-state index is 12.1. The van der Waals surface area contributed by atoms with Crippen LogP contribution in [0.3, 0.4) is 0 Å². The monoisotopic (exact) mass is 366 g/mol. The Morgan fingerprint density at radius 1 is 1.15 bits per heavy atom. The van der Waals surface area contributed by atoms with Crippen LogP contribution in [0.2, 0.25) is 0 Å². The lowest BCUT2D eigenvalue weighted by molar-refractivity contribution is -0.392. The minimum Gasteiger partial charge on any atom is -0.478 e. The summed E-state index contributed by atoms with van der Waals surface area (Å²) >= 11 is 0. The zero-order valence-electron chi connectivity index (χ0n) is 12.7. The van der Waals surface area contributed by atoms with E-state index in [1.807, 2.05) is 0 Å². The van der Waals surface area contributed by atoms with E-state index >= 15 is 0 Å². The van der Waals surface area contributed by atoms with E-state index in [0.717, 1.165) is 6.08 Å². The van der Waals surface area contributed by atoms with Crippen molar-refractivity contribution in [2.75, 3.05) is 18.5 Å². The molecule has 0 saturated carbocycles. The summed E-state index contributed by atoms with van der Waals surface area (Å²) in [5.41, 5.74) is -3.85. The third kappa shape index (κ3) is 3.32. The van der Waals surface area contributed by atoms with Gasteiger partial charge < -0.3 is 15.5 Å². The fourth-order valence-corrected chi connectivity index (χ4v) is 2.20. The minimum atomic E-state index is -1.62. The molecule has 1 aliphatic heterocycles. The summed E-state index contributed by atoms with van der Waals surface area (Å²) in [4.78, 5) is 55.7. The summed E-state index contributed by atoms with van der Waals surface area (Å²) in [6.45, 7) is -0.853. The van der Waals surface area contributed by atoms with E-state index in [2.05, 4.69) is 5.32 Å². The highest BCUT2D eigenvalue weighted by Crippen LogP contribution is 2.37. The van der Waals surface area contributed by atoms with Crippen LogP contribution in [-0.2, 0) is 9.59 Å².